The molecule has 9 atom stereocenters. The maximum absolute atomic E-state index is 12.7. The molecule has 7 heteroatoms. The molecule has 5 fully saturated rings. The summed E-state index contributed by atoms with van der Waals surface area (Å²) < 4.78 is 17.9. The Morgan fingerprint density at radius 3 is 2.63 bits per heavy atom. The van der Waals surface area contributed by atoms with E-state index in [9.17, 15) is 14.7 Å². The van der Waals surface area contributed by atoms with Crippen LogP contribution >= 0.6 is 11.3 Å². The van der Waals surface area contributed by atoms with Crippen molar-refractivity contribution in [3.8, 4) is 0 Å². The zero-order valence-electron chi connectivity index (χ0n) is 21.5. The van der Waals surface area contributed by atoms with Crippen molar-refractivity contribution in [3.63, 3.8) is 0 Å². The molecule has 2 bridgehead atoms. The first-order chi connectivity index (χ1) is 16.7. The lowest BCUT2D eigenvalue weighted by molar-refractivity contribution is -0.298. The molecule has 1 N–H and O–H groups in total. The molecule has 35 heavy (non-hydrogen) atoms. The second kappa shape index (κ2) is 9.14. The summed E-state index contributed by atoms with van der Waals surface area (Å²) in [6.45, 7) is 6.66. The first-order valence-corrected chi connectivity index (χ1v) is 14.1. The van der Waals surface area contributed by atoms with Crippen LogP contribution in [0.25, 0.3) is 0 Å². The highest BCUT2D eigenvalue weighted by molar-refractivity contribution is 7.11. The maximum Gasteiger partial charge on any atom is 0.348 e. The van der Waals surface area contributed by atoms with E-state index in [2.05, 4.69) is 13.8 Å². The van der Waals surface area contributed by atoms with Gasteiger partial charge < -0.3 is 19.3 Å². The first-order valence-electron chi connectivity index (χ1n) is 13.2. The predicted molar refractivity (Wildman–Crippen MR) is 133 cm³/mol. The number of carbonyl (C=O) groups is 2. The first kappa shape index (κ1) is 25.2. The van der Waals surface area contributed by atoms with E-state index in [1.165, 1.54) is 18.3 Å². The van der Waals surface area contributed by atoms with Crippen LogP contribution in [0.4, 0.5) is 0 Å². The third kappa shape index (κ3) is 3.79. The van der Waals surface area contributed by atoms with Gasteiger partial charge in [0, 0.05) is 30.3 Å². The molecule has 9 unspecified atom stereocenters. The highest BCUT2D eigenvalue weighted by atomic mass is 32.1. The number of carbonyl (C=O) groups excluding carboxylic acids is 2. The minimum absolute atomic E-state index is 0.00925. The van der Waals surface area contributed by atoms with Crippen molar-refractivity contribution in [1.29, 1.82) is 0 Å². The normalized spacial score (nSPS) is 44.3. The van der Waals surface area contributed by atoms with Gasteiger partial charge in [0.2, 0.25) is 0 Å². The fourth-order valence-corrected chi connectivity index (χ4v) is 9.83. The minimum Gasteiger partial charge on any atom is -0.465 e. The van der Waals surface area contributed by atoms with Gasteiger partial charge in [-0.2, -0.15) is 0 Å². The Balaban J connectivity index is 1.51. The zero-order chi connectivity index (χ0) is 25.0. The molecule has 6 nitrogen and oxygen atoms in total. The van der Waals surface area contributed by atoms with Gasteiger partial charge in [0.05, 0.1) is 25.4 Å². The molecule has 1 aromatic heterocycles. The summed E-state index contributed by atoms with van der Waals surface area (Å²) in [5.74, 6) is 0.732. The molecule has 0 saturated heterocycles. The van der Waals surface area contributed by atoms with Crippen LogP contribution in [-0.2, 0) is 19.0 Å². The standard InChI is InChI=1S/C28H40O6S/c1-17-19-8-11-28(24(17)32-4)22(13-19)27(16-33-18(2)29)10-6-9-26(3,21(27)14-23(28)30)15-34-25(31)20-7-5-12-35-20/h5,7,12,17,19,21-24,30H,6,8-11,13-16H2,1-4H3. The Labute approximate surface area is 212 Å². The van der Waals surface area contributed by atoms with Gasteiger partial charge in [0.15, 0.2) is 0 Å². The van der Waals surface area contributed by atoms with Crippen LogP contribution in [0.3, 0.4) is 0 Å². The van der Waals surface area contributed by atoms with Crippen molar-refractivity contribution >= 4 is 23.3 Å². The molecular weight excluding hydrogens is 464 g/mol. The second-order valence-electron chi connectivity index (χ2n) is 12.1. The highest BCUT2D eigenvalue weighted by Gasteiger charge is 2.72. The van der Waals surface area contributed by atoms with E-state index in [0.29, 0.717) is 36.3 Å². The largest absolute Gasteiger partial charge is 0.465 e. The molecule has 1 spiro atoms. The molecule has 0 amide bonds. The van der Waals surface area contributed by atoms with E-state index in [4.69, 9.17) is 14.2 Å². The predicted octanol–water partition coefficient (Wildman–Crippen LogP) is 5.09. The van der Waals surface area contributed by atoms with Crippen LogP contribution in [-0.4, -0.2) is 49.6 Å². The molecule has 5 aliphatic rings. The number of fused-ring (bicyclic) bond motifs is 3. The molecule has 5 aliphatic carbocycles. The molecule has 1 heterocycles. The minimum atomic E-state index is -0.484. The van der Waals surface area contributed by atoms with Gasteiger partial charge in [-0.05, 0) is 73.6 Å². The van der Waals surface area contributed by atoms with Gasteiger partial charge in [-0.25, -0.2) is 4.79 Å². The molecule has 194 valence electrons. The zero-order valence-corrected chi connectivity index (χ0v) is 22.3. The summed E-state index contributed by atoms with van der Waals surface area (Å²) >= 11 is 1.39. The third-order valence-corrected chi connectivity index (χ3v) is 11.5. The van der Waals surface area contributed by atoms with Crippen molar-refractivity contribution in [2.75, 3.05) is 20.3 Å². The fourth-order valence-electron chi connectivity index (χ4n) is 9.22. The fraction of sp³-hybridized carbons (Fsp3) is 0.786. The van der Waals surface area contributed by atoms with Crippen molar-refractivity contribution in [3.05, 3.63) is 22.4 Å². The number of hydrogen-bond acceptors (Lipinski definition) is 7. The number of aliphatic hydroxyl groups is 1. The van der Waals surface area contributed by atoms with E-state index in [0.717, 1.165) is 38.5 Å². The summed E-state index contributed by atoms with van der Waals surface area (Å²) in [6.07, 6.45) is 6.17. The summed E-state index contributed by atoms with van der Waals surface area (Å²) in [5, 5.41) is 13.8. The lowest BCUT2D eigenvalue weighted by Crippen LogP contribution is -2.72. The quantitative estimate of drug-likeness (QED) is 0.543. The second-order valence-corrected chi connectivity index (χ2v) is 13.0. The van der Waals surface area contributed by atoms with E-state index in [1.54, 1.807) is 13.2 Å². The summed E-state index contributed by atoms with van der Waals surface area (Å²) in [7, 11) is 1.79. The Bertz CT molecular complexity index is 947. The van der Waals surface area contributed by atoms with Gasteiger partial charge in [-0.3, -0.25) is 4.79 Å². The average molecular weight is 505 g/mol. The summed E-state index contributed by atoms with van der Waals surface area (Å²) in [6, 6.07) is 3.65. The lowest BCUT2D eigenvalue weighted by Gasteiger charge is -2.72. The van der Waals surface area contributed by atoms with Crippen molar-refractivity contribution < 1.29 is 28.9 Å². The van der Waals surface area contributed by atoms with E-state index < -0.39 is 6.10 Å². The van der Waals surface area contributed by atoms with Crippen LogP contribution in [0.2, 0.25) is 0 Å². The molecule has 0 aliphatic heterocycles. The Morgan fingerprint density at radius 2 is 1.94 bits per heavy atom. The van der Waals surface area contributed by atoms with Crippen molar-refractivity contribution in [2.24, 2.45) is 39.9 Å². The Hall–Kier alpha value is -1.44. The summed E-state index contributed by atoms with van der Waals surface area (Å²) in [4.78, 5) is 25.4. The summed E-state index contributed by atoms with van der Waals surface area (Å²) in [5.41, 5.74) is -0.854. The van der Waals surface area contributed by atoms with Crippen LogP contribution < -0.4 is 0 Å². The van der Waals surface area contributed by atoms with Gasteiger partial charge in [-0.1, -0.05) is 26.3 Å². The van der Waals surface area contributed by atoms with Gasteiger partial charge in [0.1, 0.15) is 4.88 Å². The van der Waals surface area contributed by atoms with Gasteiger partial charge in [0.25, 0.3) is 0 Å². The number of thiophene rings is 1. The number of hydrogen-bond donors (Lipinski definition) is 1. The SMILES string of the molecule is COC1C(C)C2CCC13C(O)CC1C(C)(COC(=O)c4cccs4)CCCC1(COC(C)=O)C3C2. The van der Waals surface area contributed by atoms with Crippen LogP contribution in [0.15, 0.2) is 17.5 Å². The van der Waals surface area contributed by atoms with E-state index in [1.807, 2.05) is 11.4 Å². The number of aliphatic hydroxyl groups excluding tert-OH is 1. The maximum atomic E-state index is 12.7. The third-order valence-electron chi connectivity index (χ3n) is 10.6. The molecule has 1 aromatic rings. The number of ether oxygens (including phenoxy) is 3. The number of esters is 2. The molecular formula is C28H40O6S. The molecule has 0 aromatic carbocycles. The Kier molecular flexibility index (Phi) is 6.59. The van der Waals surface area contributed by atoms with Crippen LogP contribution in [0, 0.1) is 39.9 Å². The Morgan fingerprint density at radius 1 is 1.14 bits per heavy atom. The highest BCUT2D eigenvalue weighted by Crippen LogP contribution is 2.72. The molecule has 5 saturated carbocycles. The monoisotopic (exact) mass is 504 g/mol. The van der Waals surface area contributed by atoms with Crippen molar-refractivity contribution in [2.45, 2.75) is 77.9 Å². The average Bonchev–Trinajstić information content (AvgIpc) is 3.38. The van der Waals surface area contributed by atoms with Gasteiger partial charge in [-0.15, -0.1) is 11.3 Å². The van der Waals surface area contributed by atoms with E-state index in [-0.39, 0.29) is 46.1 Å². The van der Waals surface area contributed by atoms with Gasteiger partial charge >= 0.3 is 11.9 Å². The molecule has 6 rings (SSSR count). The lowest BCUT2D eigenvalue weighted by atomic mass is 9.34. The van der Waals surface area contributed by atoms with E-state index >= 15 is 0 Å². The van der Waals surface area contributed by atoms with Crippen LogP contribution in [0.1, 0.15) is 75.4 Å². The number of rotatable bonds is 6. The van der Waals surface area contributed by atoms with Crippen LogP contribution in [0.5, 0.6) is 0 Å². The topological polar surface area (TPSA) is 82.1 Å². The smallest absolute Gasteiger partial charge is 0.348 e. The molecule has 0 radical (unpaired) electrons. The number of methoxy groups -OCH3 is 1. The van der Waals surface area contributed by atoms with Crippen molar-refractivity contribution in [1.82, 2.24) is 0 Å².